The van der Waals surface area contributed by atoms with Gasteiger partial charge >= 0.3 is 0 Å². The summed E-state index contributed by atoms with van der Waals surface area (Å²) in [6.45, 7) is 0. The van der Waals surface area contributed by atoms with Gasteiger partial charge in [-0.3, -0.25) is 4.79 Å². The van der Waals surface area contributed by atoms with E-state index in [1.54, 1.807) is 30.5 Å². The van der Waals surface area contributed by atoms with Crippen molar-refractivity contribution in [2.75, 3.05) is 10.6 Å². The third kappa shape index (κ3) is 3.95. The number of nitrogens with zero attached hydrogens (tertiary/aromatic N) is 2. The molecule has 8 nitrogen and oxygen atoms in total. The molecule has 2 aromatic carbocycles. The SMILES string of the molecule is O=C1Cc2cnc(Nc3ccc(S(=O)(=O)N[C@@H]4CC5CC[C@@H]4C5)cc3)nc2-c2ccccc2N1. The maximum atomic E-state index is 12.9. The van der Waals surface area contributed by atoms with E-state index in [4.69, 9.17) is 0 Å². The second-order valence-corrected chi connectivity index (χ2v) is 11.1. The van der Waals surface area contributed by atoms with Crippen LogP contribution in [-0.4, -0.2) is 30.3 Å². The molecule has 3 aliphatic rings. The number of nitrogens with one attached hydrogen (secondary N) is 3. The molecule has 3 atom stereocenters. The van der Waals surface area contributed by atoms with Gasteiger partial charge in [-0.05, 0) is 61.4 Å². The molecule has 1 unspecified atom stereocenters. The van der Waals surface area contributed by atoms with Crippen molar-refractivity contribution in [2.24, 2.45) is 11.8 Å². The maximum absolute atomic E-state index is 12.9. The van der Waals surface area contributed by atoms with Crippen LogP contribution in [0, 0.1) is 11.8 Å². The summed E-state index contributed by atoms with van der Waals surface area (Å²) < 4.78 is 28.7. The number of rotatable bonds is 5. The lowest BCUT2D eigenvalue weighted by Gasteiger charge is -2.22. The molecule has 6 rings (SSSR count). The van der Waals surface area contributed by atoms with Gasteiger partial charge in [0.05, 0.1) is 22.7 Å². The Balaban J connectivity index is 1.21. The van der Waals surface area contributed by atoms with Crippen molar-refractivity contribution in [3.63, 3.8) is 0 Å². The van der Waals surface area contributed by atoms with Gasteiger partial charge in [-0.1, -0.05) is 24.6 Å². The van der Waals surface area contributed by atoms with Crippen LogP contribution in [0.25, 0.3) is 11.3 Å². The van der Waals surface area contributed by atoms with Crippen molar-refractivity contribution in [3.05, 3.63) is 60.3 Å². The van der Waals surface area contributed by atoms with Crippen LogP contribution in [0.15, 0.2) is 59.6 Å². The van der Waals surface area contributed by atoms with Crippen molar-refractivity contribution in [1.29, 1.82) is 0 Å². The van der Waals surface area contributed by atoms with E-state index in [1.807, 2.05) is 24.3 Å². The Hall–Kier alpha value is -3.30. The average molecular weight is 476 g/mol. The summed E-state index contributed by atoms with van der Waals surface area (Å²) in [4.78, 5) is 21.5. The van der Waals surface area contributed by atoms with E-state index in [-0.39, 0.29) is 23.3 Å². The maximum Gasteiger partial charge on any atom is 0.240 e. The fraction of sp³-hybridized carbons (Fsp3) is 0.320. The zero-order valence-corrected chi connectivity index (χ0v) is 19.3. The highest BCUT2D eigenvalue weighted by atomic mass is 32.2. The van der Waals surface area contributed by atoms with Gasteiger partial charge in [0, 0.05) is 29.1 Å². The lowest BCUT2D eigenvalue weighted by molar-refractivity contribution is -0.115. The van der Waals surface area contributed by atoms with Crippen LogP contribution >= 0.6 is 0 Å². The number of sulfonamides is 1. The molecule has 1 aromatic heterocycles. The van der Waals surface area contributed by atoms with Gasteiger partial charge in [-0.2, -0.15) is 0 Å². The molecular weight excluding hydrogens is 450 g/mol. The first-order valence-electron chi connectivity index (χ1n) is 11.6. The number of amides is 1. The number of hydrogen-bond acceptors (Lipinski definition) is 6. The molecule has 2 heterocycles. The van der Waals surface area contributed by atoms with Gasteiger partial charge in [0.1, 0.15) is 0 Å². The highest BCUT2D eigenvalue weighted by Crippen LogP contribution is 2.44. The molecule has 2 aliphatic carbocycles. The second kappa shape index (κ2) is 8.18. The molecular formula is C25H25N5O3S. The van der Waals surface area contributed by atoms with Crippen molar-refractivity contribution in [3.8, 4) is 11.3 Å². The third-order valence-electron chi connectivity index (χ3n) is 7.14. The lowest BCUT2D eigenvalue weighted by atomic mass is 9.96. The van der Waals surface area contributed by atoms with Gasteiger partial charge in [0.25, 0.3) is 0 Å². The molecule has 0 spiro atoms. The van der Waals surface area contributed by atoms with Crippen molar-refractivity contribution >= 4 is 33.3 Å². The minimum atomic E-state index is -3.56. The smallest absolute Gasteiger partial charge is 0.240 e. The number of aromatic nitrogens is 2. The summed E-state index contributed by atoms with van der Waals surface area (Å²) in [5.41, 5.74) is 3.67. The number of hydrogen-bond donors (Lipinski definition) is 3. The summed E-state index contributed by atoms with van der Waals surface area (Å²) in [7, 11) is -3.56. The Morgan fingerprint density at radius 3 is 2.59 bits per heavy atom. The number of carbonyl (C=O) groups excluding carboxylic acids is 1. The molecule has 2 bridgehead atoms. The molecule has 34 heavy (non-hydrogen) atoms. The molecule has 2 saturated carbocycles. The molecule has 3 aromatic rings. The van der Waals surface area contributed by atoms with Crippen LogP contribution < -0.4 is 15.4 Å². The summed E-state index contributed by atoms with van der Waals surface area (Å²) in [6, 6.07) is 14.2. The third-order valence-corrected chi connectivity index (χ3v) is 8.64. The van der Waals surface area contributed by atoms with Crippen LogP contribution in [0.5, 0.6) is 0 Å². The van der Waals surface area contributed by atoms with Gasteiger partial charge < -0.3 is 10.6 Å². The highest BCUT2D eigenvalue weighted by molar-refractivity contribution is 7.89. The lowest BCUT2D eigenvalue weighted by Crippen LogP contribution is -2.38. The Morgan fingerprint density at radius 1 is 1.00 bits per heavy atom. The minimum absolute atomic E-state index is 0.0544. The Labute approximate surface area is 198 Å². The van der Waals surface area contributed by atoms with Crippen LogP contribution in [0.1, 0.15) is 31.2 Å². The summed E-state index contributed by atoms with van der Waals surface area (Å²) >= 11 is 0. The molecule has 9 heteroatoms. The second-order valence-electron chi connectivity index (χ2n) is 9.39. The molecule has 0 saturated heterocycles. The molecule has 0 radical (unpaired) electrons. The highest BCUT2D eigenvalue weighted by Gasteiger charge is 2.41. The Kier molecular flexibility index (Phi) is 5.11. The largest absolute Gasteiger partial charge is 0.325 e. The molecule has 1 aliphatic heterocycles. The predicted molar refractivity (Wildman–Crippen MR) is 129 cm³/mol. The van der Waals surface area contributed by atoms with Crippen LogP contribution in [-0.2, 0) is 21.2 Å². The van der Waals surface area contributed by atoms with Gasteiger partial charge in [-0.25, -0.2) is 23.1 Å². The molecule has 3 N–H and O–H groups in total. The normalized spacial score (nSPS) is 23.1. The van der Waals surface area contributed by atoms with Crippen LogP contribution in [0.4, 0.5) is 17.3 Å². The van der Waals surface area contributed by atoms with Gasteiger partial charge in [0.2, 0.25) is 21.9 Å². The van der Waals surface area contributed by atoms with Gasteiger partial charge in [-0.15, -0.1) is 0 Å². The first kappa shape index (κ1) is 21.2. The fourth-order valence-electron chi connectivity index (χ4n) is 5.50. The monoisotopic (exact) mass is 475 g/mol. The average Bonchev–Trinajstić information content (AvgIpc) is 3.40. The summed E-state index contributed by atoms with van der Waals surface area (Å²) in [6.07, 6.45) is 6.30. The quantitative estimate of drug-likeness (QED) is 0.517. The first-order valence-corrected chi connectivity index (χ1v) is 13.1. The fourth-order valence-corrected chi connectivity index (χ4v) is 6.82. The molecule has 2 fully saturated rings. The van der Waals surface area contributed by atoms with E-state index in [0.29, 0.717) is 34.9 Å². The predicted octanol–water partition coefficient (Wildman–Crippen LogP) is 3.85. The van der Waals surface area contributed by atoms with Gasteiger partial charge in [0.15, 0.2) is 0 Å². The summed E-state index contributed by atoms with van der Waals surface area (Å²) in [5.74, 6) is 1.41. The zero-order valence-electron chi connectivity index (χ0n) is 18.5. The molecule has 1 amide bonds. The van der Waals surface area contributed by atoms with Crippen LogP contribution in [0.2, 0.25) is 0 Å². The topological polar surface area (TPSA) is 113 Å². The van der Waals surface area contributed by atoms with E-state index < -0.39 is 10.0 Å². The van der Waals surface area contributed by atoms with Crippen molar-refractivity contribution in [1.82, 2.24) is 14.7 Å². The number of anilines is 3. The Bertz CT molecular complexity index is 1370. The van der Waals surface area contributed by atoms with Crippen LogP contribution in [0.3, 0.4) is 0 Å². The number of para-hydroxylation sites is 1. The minimum Gasteiger partial charge on any atom is -0.325 e. The van der Waals surface area contributed by atoms with E-state index in [1.165, 1.54) is 6.42 Å². The van der Waals surface area contributed by atoms with Crippen molar-refractivity contribution in [2.45, 2.75) is 43.0 Å². The molecule has 174 valence electrons. The Morgan fingerprint density at radius 2 is 1.82 bits per heavy atom. The van der Waals surface area contributed by atoms with E-state index in [9.17, 15) is 13.2 Å². The van der Waals surface area contributed by atoms with E-state index in [0.717, 1.165) is 30.4 Å². The number of benzene rings is 2. The van der Waals surface area contributed by atoms with E-state index >= 15 is 0 Å². The number of carbonyl (C=O) groups is 1. The zero-order chi connectivity index (χ0) is 23.3. The van der Waals surface area contributed by atoms with E-state index in [2.05, 4.69) is 25.3 Å². The summed E-state index contributed by atoms with van der Waals surface area (Å²) in [5, 5.41) is 6.05. The first-order chi connectivity index (χ1) is 16.4. The number of fused-ring (bicyclic) bond motifs is 5. The van der Waals surface area contributed by atoms with Crippen molar-refractivity contribution < 1.29 is 13.2 Å². The standard InChI is InChI=1S/C25H25N5O3S/c31-23-13-17-14-26-25(29-24(17)20-3-1-2-4-21(20)28-23)27-18-7-9-19(10-8-18)34(32,33)30-22-12-15-5-6-16(22)11-15/h1-4,7-10,14-16,22,30H,5-6,11-13H2,(H,28,31)(H,26,27,29)/t15?,16-,22-/m1/s1.